The molecule has 0 bridgehead atoms. The molecule has 0 unspecified atom stereocenters. The summed E-state index contributed by atoms with van der Waals surface area (Å²) in [6.07, 6.45) is -0.765. The minimum absolute atomic E-state index is 0.210. The first kappa shape index (κ1) is 15.1. The molecule has 2 rings (SSSR count). The van der Waals surface area contributed by atoms with Crippen molar-refractivity contribution in [2.75, 3.05) is 13.2 Å². The second-order valence-corrected chi connectivity index (χ2v) is 4.32. The molecule has 0 aromatic heterocycles. The maximum absolute atomic E-state index is 12.1. The molecule has 1 aliphatic rings. The molecule has 1 aromatic carbocycles. The van der Waals surface area contributed by atoms with Crippen LogP contribution in [0.3, 0.4) is 0 Å². The molecule has 2 N–H and O–H groups in total. The highest BCUT2D eigenvalue weighted by Crippen LogP contribution is 2.28. The van der Waals surface area contributed by atoms with E-state index in [-0.39, 0.29) is 24.3 Å². The maximum Gasteiger partial charge on any atom is 0.352 e. The Labute approximate surface area is 122 Å². The van der Waals surface area contributed by atoms with Gasteiger partial charge in [-0.1, -0.05) is 30.3 Å². The fraction of sp³-hybridized carbons (Fsp3) is 0.333. The molecule has 1 heterocycles. The van der Waals surface area contributed by atoms with Crippen LogP contribution in [-0.4, -0.2) is 25.1 Å². The number of ether oxygens (including phenoxy) is 3. The average molecular weight is 291 g/mol. The van der Waals surface area contributed by atoms with Gasteiger partial charge in [-0.15, -0.1) is 0 Å². The molecule has 0 spiro atoms. The lowest BCUT2D eigenvalue weighted by molar-refractivity contribution is -0.196. The van der Waals surface area contributed by atoms with Gasteiger partial charge in [0.15, 0.2) is 5.57 Å². The smallest absolute Gasteiger partial charge is 0.352 e. The predicted octanol–water partition coefficient (Wildman–Crippen LogP) is 1.42. The molecule has 6 heteroatoms. The van der Waals surface area contributed by atoms with Crippen molar-refractivity contribution in [1.29, 1.82) is 0 Å². The molecule has 1 aromatic rings. The summed E-state index contributed by atoms with van der Waals surface area (Å²) in [6.45, 7) is 2.33. The van der Waals surface area contributed by atoms with Crippen LogP contribution in [0.15, 0.2) is 41.7 Å². The quantitative estimate of drug-likeness (QED) is 0.382. The third-order valence-electron chi connectivity index (χ3n) is 2.88. The van der Waals surface area contributed by atoms with Crippen LogP contribution in [0, 0.1) is 0 Å². The van der Waals surface area contributed by atoms with Crippen LogP contribution in [0.1, 0.15) is 25.2 Å². The van der Waals surface area contributed by atoms with Crippen molar-refractivity contribution in [1.82, 2.24) is 0 Å². The number of benzene rings is 1. The van der Waals surface area contributed by atoms with E-state index in [2.05, 4.69) is 0 Å². The number of cyclic esters (lactones) is 2. The minimum atomic E-state index is -1.03. The van der Waals surface area contributed by atoms with Crippen molar-refractivity contribution >= 4 is 11.9 Å². The summed E-state index contributed by atoms with van der Waals surface area (Å²) in [7, 11) is 0. The van der Waals surface area contributed by atoms with Crippen LogP contribution >= 0.6 is 0 Å². The molecular formula is C15H17NO5. The standard InChI is InChI=1S/C15H17NO5/c1-2-19-11(8-9-16)12-13(17)20-15(21-14(12)18)10-6-4-3-5-7-10/h3-7,15H,2,8-9,16H2,1H3. The Morgan fingerprint density at radius 2 is 1.81 bits per heavy atom. The molecule has 1 fully saturated rings. The number of esters is 2. The number of hydrogen-bond acceptors (Lipinski definition) is 6. The summed E-state index contributed by atoms with van der Waals surface area (Å²) >= 11 is 0. The molecule has 0 saturated carbocycles. The first-order valence-corrected chi connectivity index (χ1v) is 6.70. The van der Waals surface area contributed by atoms with Crippen LogP contribution < -0.4 is 5.73 Å². The van der Waals surface area contributed by atoms with Gasteiger partial charge in [-0.05, 0) is 13.5 Å². The Morgan fingerprint density at radius 1 is 1.19 bits per heavy atom. The van der Waals surface area contributed by atoms with E-state index in [1.165, 1.54) is 0 Å². The molecular weight excluding hydrogens is 274 g/mol. The van der Waals surface area contributed by atoms with Gasteiger partial charge in [0.2, 0.25) is 0 Å². The highest BCUT2D eigenvalue weighted by molar-refractivity contribution is 6.15. The predicted molar refractivity (Wildman–Crippen MR) is 73.7 cm³/mol. The summed E-state index contributed by atoms with van der Waals surface area (Å²) in [5, 5.41) is 0. The summed E-state index contributed by atoms with van der Waals surface area (Å²) in [5.74, 6) is -1.30. The summed E-state index contributed by atoms with van der Waals surface area (Å²) < 4.78 is 15.6. The largest absolute Gasteiger partial charge is 0.497 e. The molecule has 0 aliphatic carbocycles. The molecule has 21 heavy (non-hydrogen) atoms. The Balaban J connectivity index is 2.25. The number of rotatable bonds is 5. The summed E-state index contributed by atoms with van der Waals surface area (Å²) in [4.78, 5) is 24.2. The van der Waals surface area contributed by atoms with Gasteiger partial charge in [0.1, 0.15) is 5.76 Å². The van der Waals surface area contributed by atoms with Gasteiger partial charge in [-0.2, -0.15) is 0 Å². The van der Waals surface area contributed by atoms with E-state index >= 15 is 0 Å². The lowest BCUT2D eigenvalue weighted by atomic mass is 10.1. The Bertz CT molecular complexity index is 524. The third-order valence-corrected chi connectivity index (χ3v) is 2.88. The fourth-order valence-corrected chi connectivity index (χ4v) is 1.97. The van der Waals surface area contributed by atoms with Gasteiger partial charge < -0.3 is 19.9 Å². The first-order chi connectivity index (χ1) is 10.2. The van der Waals surface area contributed by atoms with E-state index in [0.717, 1.165) is 0 Å². The lowest BCUT2D eigenvalue weighted by Gasteiger charge is -2.25. The number of hydrogen-bond donors (Lipinski definition) is 1. The zero-order valence-corrected chi connectivity index (χ0v) is 11.7. The first-order valence-electron chi connectivity index (χ1n) is 6.70. The van der Waals surface area contributed by atoms with E-state index in [0.29, 0.717) is 12.2 Å². The molecule has 1 aliphatic heterocycles. The molecule has 0 radical (unpaired) electrons. The van der Waals surface area contributed by atoms with E-state index in [4.69, 9.17) is 19.9 Å². The highest BCUT2D eigenvalue weighted by atomic mass is 16.7. The van der Waals surface area contributed by atoms with Gasteiger partial charge in [0.25, 0.3) is 6.29 Å². The van der Waals surface area contributed by atoms with Gasteiger partial charge in [-0.25, -0.2) is 9.59 Å². The van der Waals surface area contributed by atoms with Gasteiger partial charge in [-0.3, -0.25) is 0 Å². The topological polar surface area (TPSA) is 87.8 Å². The van der Waals surface area contributed by atoms with Crippen molar-refractivity contribution < 1.29 is 23.8 Å². The Morgan fingerprint density at radius 3 is 2.33 bits per heavy atom. The highest BCUT2D eigenvalue weighted by Gasteiger charge is 2.37. The van der Waals surface area contributed by atoms with Crippen LogP contribution in [0.25, 0.3) is 0 Å². The monoisotopic (exact) mass is 291 g/mol. The minimum Gasteiger partial charge on any atom is -0.497 e. The Kier molecular flexibility index (Phi) is 4.94. The zero-order valence-electron chi connectivity index (χ0n) is 11.7. The van der Waals surface area contributed by atoms with Crippen molar-refractivity contribution in [3.63, 3.8) is 0 Å². The third kappa shape index (κ3) is 3.41. The van der Waals surface area contributed by atoms with Crippen LogP contribution in [0.5, 0.6) is 0 Å². The van der Waals surface area contributed by atoms with Crippen molar-refractivity contribution in [3.8, 4) is 0 Å². The molecule has 0 amide bonds. The van der Waals surface area contributed by atoms with Gasteiger partial charge >= 0.3 is 11.9 Å². The number of carbonyl (C=O) groups excluding carboxylic acids is 2. The van der Waals surface area contributed by atoms with E-state index in [9.17, 15) is 9.59 Å². The van der Waals surface area contributed by atoms with Crippen molar-refractivity contribution in [2.24, 2.45) is 5.73 Å². The SMILES string of the molecule is CCOC(CCN)=C1C(=O)OC(c2ccccc2)OC1=O. The van der Waals surface area contributed by atoms with Crippen LogP contribution in [0.4, 0.5) is 0 Å². The van der Waals surface area contributed by atoms with Crippen LogP contribution in [0.2, 0.25) is 0 Å². The summed E-state index contributed by atoms with van der Waals surface area (Å²) in [5.41, 5.74) is 5.84. The van der Waals surface area contributed by atoms with Gasteiger partial charge in [0.05, 0.1) is 6.61 Å². The van der Waals surface area contributed by atoms with Crippen molar-refractivity contribution in [2.45, 2.75) is 19.6 Å². The Hall–Kier alpha value is -2.34. The normalized spacial score (nSPS) is 18.0. The molecule has 0 atom stereocenters. The second kappa shape index (κ2) is 6.90. The zero-order chi connectivity index (χ0) is 15.2. The second-order valence-electron chi connectivity index (χ2n) is 4.32. The number of nitrogens with two attached hydrogens (primary N) is 1. The van der Waals surface area contributed by atoms with Gasteiger partial charge in [0, 0.05) is 12.0 Å². The lowest BCUT2D eigenvalue weighted by Crippen LogP contribution is -2.31. The van der Waals surface area contributed by atoms with E-state index in [1.54, 1.807) is 31.2 Å². The molecule has 1 saturated heterocycles. The van der Waals surface area contributed by atoms with E-state index in [1.807, 2.05) is 6.07 Å². The van der Waals surface area contributed by atoms with Crippen molar-refractivity contribution in [3.05, 3.63) is 47.2 Å². The fourth-order valence-electron chi connectivity index (χ4n) is 1.97. The van der Waals surface area contributed by atoms with E-state index < -0.39 is 18.2 Å². The maximum atomic E-state index is 12.1. The summed E-state index contributed by atoms with van der Waals surface area (Å²) in [6, 6.07) is 8.77. The molecule has 112 valence electrons. The molecule has 6 nitrogen and oxygen atoms in total. The number of carbonyl (C=O) groups is 2. The average Bonchev–Trinajstić information content (AvgIpc) is 2.48. The van der Waals surface area contributed by atoms with Crippen LogP contribution in [-0.2, 0) is 23.8 Å².